The highest BCUT2D eigenvalue weighted by atomic mass is 16.6. The normalized spacial score (nSPS) is 34.9. The van der Waals surface area contributed by atoms with Crippen LogP contribution in [0.25, 0.3) is 0 Å². The maximum atomic E-state index is 12.5. The molecule has 0 N–H and O–H groups in total. The van der Waals surface area contributed by atoms with Gasteiger partial charge in [-0.25, -0.2) is 0 Å². The lowest BCUT2D eigenvalue weighted by molar-refractivity contribution is -0.211. The van der Waals surface area contributed by atoms with Crippen LogP contribution in [0, 0.1) is 34.5 Å². The van der Waals surface area contributed by atoms with Crippen LogP contribution in [0.4, 0.5) is 0 Å². The molecule has 4 saturated carbocycles. The van der Waals surface area contributed by atoms with Crippen molar-refractivity contribution in [1.29, 1.82) is 0 Å². The smallest absolute Gasteiger partial charge is 0.312 e. The van der Waals surface area contributed by atoms with Crippen molar-refractivity contribution in [1.82, 2.24) is 0 Å². The summed E-state index contributed by atoms with van der Waals surface area (Å²) in [5.74, 6) is 2.56. The lowest BCUT2D eigenvalue weighted by Crippen LogP contribution is -2.58. The summed E-state index contributed by atoms with van der Waals surface area (Å²) < 4.78 is 16.0. The number of esters is 3. The SMILES string of the molecule is CCC(C)(C)C(=O)OC1(C)C2CC3CC(C2)CC1C3.CCC(C)(C)C(=O)OC1COC(=O)C1. The highest BCUT2D eigenvalue weighted by Crippen LogP contribution is 2.59. The van der Waals surface area contributed by atoms with E-state index in [9.17, 15) is 14.4 Å². The summed E-state index contributed by atoms with van der Waals surface area (Å²) >= 11 is 0. The van der Waals surface area contributed by atoms with Crippen LogP contribution >= 0.6 is 0 Å². The molecule has 5 aliphatic rings. The summed E-state index contributed by atoms with van der Waals surface area (Å²) in [6, 6.07) is 0. The molecule has 0 amide bonds. The second-order valence-electron chi connectivity index (χ2n) is 12.3. The zero-order valence-electron chi connectivity index (χ0n) is 21.7. The number of cyclic esters (lactones) is 1. The molecule has 188 valence electrons. The molecular formula is C27H44O6. The first-order chi connectivity index (χ1) is 15.3. The van der Waals surface area contributed by atoms with Gasteiger partial charge in [-0.1, -0.05) is 13.8 Å². The Balaban J connectivity index is 0.000000196. The quantitative estimate of drug-likeness (QED) is 0.383. The monoisotopic (exact) mass is 464 g/mol. The van der Waals surface area contributed by atoms with Crippen LogP contribution in [0.3, 0.4) is 0 Å². The van der Waals surface area contributed by atoms with Gasteiger partial charge in [0.15, 0.2) is 0 Å². The fraction of sp³-hybridized carbons (Fsp3) is 0.889. The Labute approximate surface area is 199 Å². The number of hydrogen-bond donors (Lipinski definition) is 0. The zero-order chi connectivity index (χ0) is 24.6. The predicted octanol–water partition coefficient (Wildman–Crippen LogP) is 5.46. The van der Waals surface area contributed by atoms with Gasteiger partial charge in [0, 0.05) is 0 Å². The third-order valence-electron chi connectivity index (χ3n) is 9.04. The fourth-order valence-electron chi connectivity index (χ4n) is 5.79. The van der Waals surface area contributed by atoms with E-state index in [4.69, 9.17) is 14.2 Å². The molecule has 5 fully saturated rings. The summed E-state index contributed by atoms with van der Waals surface area (Å²) in [5.41, 5.74) is -0.986. The van der Waals surface area contributed by atoms with Crippen LogP contribution in [0.15, 0.2) is 0 Å². The van der Waals surface area contributed by atoms with Crippen LogP contribution in [0.5, 0.6) is 0 Å². The third kappa shape index (κ3) is 5.57. The molecule has 1 unspecified atom stereocenters. The van der Waals surface area contributed by atoms with E-state index in [1.165, 1.54) is 32.1 Å². The average Bonchev–Trinajstić information content (AvgIpc) is 3.16. The summed E-state index contributed by atoms with van der Waals surface area (Å²) in [6.07, 6.45) is 7.99. The van der Waals surface area contributed by atoms with E-state index in [2.05, 4.69) is 13.8 Å². The van der Waals surface area contributed by atoms with E-state index in [0.29, 0.717) is 18.3 Å². The molecule has 0 aromatic heterocycles. The van der Waals surface area contributed by atoms with Crippen LogP contribution in [-0.2, 0) is 28.6 Å². The summed E-state index contributed by atoms with van der Waals surface area (Å²) in [7, 11) is 0. The van der Waals surface area contributed by atoms with Gasteiger partial charge in [-0.05, 0) is 103 Å². The lowest BCUT2D eigenvalue weighted by atomic mass is 9.50. The van der Waals surface area contributed by atoms with Gasteiger partial charge in [0.25, 0.3) is 0 Å². The highest BCUT2D eigenvalue weighted by Gasteiger charge is 2.57. The van der Waals surface area contributed by atoms with Crippen molar-refractivity contribution < 1.29 is 28.6 Å². The zero-order valence-corrected chi connectivity index (χ0v) is 21.7. The summed E-state index contributed by atoms with van der Waals surface area (Å²) in [4.78, 5) is 34.8. The number of rotatable bonds is 6. The Hall–Kier alpha value is -1.59. The van der Waals surface area contributed by atoms with Crippen molar-refractivity contribution in [3.05, 3.63) is 0 Å². The molecule has 0 aromatic rings. The van der Waals surface area contributed by atoms with Gasteiger partial charge in [0.1, 0.15) is 18.3 Å². The van der Waals surface area contributed by atoms with Gasteiger partial charge in [0.2, 0.25) is 0 Å². The van der Waals surface area contributed by atoms with E-state index >= 15 is 0 Å². The van der Waals surface area contributed by atoms with Gasteiger partial charge in [-0.15, -0.1) is 0 Å². The highest BCUT2D eigenvalue weighted by molar-refractivity contribution is 5.78. The molecule has 1 atom stereocenters. The second-order valence-corrected chi connectivity index (χ2v) is 12.3. The molecule has 0 spiro atoms. The lowest BCUT2D eigenvalue weighted by Gasteiger charge is -2.59. The molecule has 1 saturated heterocycles. The van der Waals surface area contributed by atoms with E-state index < -0.39 is 5.41 Å². The largest absolute Gasteiger partial charge is 0.462 e. The van der Waals surface area contributed by atoms with Gasteiger partial charge in [0.05, 0.1) is 17.3 Å². The second kappa shape index (κ2) is 9.58. The Morgan fingerprint density at radius 2 is 1.39 bits per heavy atom. The molecule has 0 radical (unpaired) electrons. The van der Waals surface area contributed by atoms with Crippen LogP contribution in [0.2, 0.25) is 0 Å². The molecule has 6 heteroatoms. The summed E-state index contributed by atoms with van der Waals surface area (Å²) in [5, 5.41) is 0. The van der Waals surface area contributed by atoms with E-state index in [1.807, 2.05) is 34.6 Å². The maximum absolute atomic E-state index is 12.5. The van der Waals surface area contributed by atoms with Crippen LogP contribution in [0.1, 0.15) is 99.8 Å². The van der Waals surface area contributed by atoms with Crippen molar-refractivity contribution in [2.45, 2.75) is 112 Å². The number of ether oxygens (including phenoxy) is 3. The van der Waals surface area contributed by atoms with E-state index in [-0.39, 0.29) is 48.1 Å². The molecule has 0 aromatic carbocycles. The minimum Gasteiger partial charge on any atom is -0.462 e. The molecular weight excluding hydrogens is 420 g/mol. The van der Waals surface area contributed by atoms with Gasteiger partial charge < -0.3 is 14.2 Å². The van der Waals surface area contributed by atoms with Crippen molar-refractivity contribution >= 4 is 17.9 Å². The number of carbonyl (C=O) groups is 3. The van der Waals surface area contributed by atoms with Gasteiger partial charge in [-0.3, -0.25) is 14.4 Å². The number of carbonyl (C=O) groups excluding carboxylic acids is 3. The first kappa shape index (κ1) is 26.0. The van der Waals surface area contributed by atoms with Gasteiger partial charge in [-0.2, -0.15) is 0 Å². The standard InChI is InChI=1S/C17H28O2.C10H16O4/c1-5-16(2,3)15(18)19-17(4)13-7-11-6-12(9-13)10-14(17)8-11;1-4-10(2,3)9(12)14-7-5-8(11)13-6-7/h11-14H,5-10H2,1-4H3;7H,4-6H2,1-3H3. The van der Waals surface area contributed by atoms with Crippen LogP contribution in [-0.4, -0.2) is 36.2 Å². The van der Waals surface area contributed by atoms with Gasteiger partial charge >= 0.3 is 17.9 Å². The Morgan fingerprint density at radius 1 is 0.909 bits per heavy atom. The van der Waals surface area contributed by atoms with Crippen molar-refractivity contribution in [3.8, 4) is 0 Å². The van der Waals surface area contributed by atoms with E-state index in [1.54, 1.807) is 0 Å². The average molecular weight is 465 g/mol. The first-order valence-corrected chi connectivity index (χ1v) is 12.9. The fourth-order valence-corrected chi connectivity index (χ4v) is 5.79. The molecule has 1 heterocycles. The van der Waals surface area contributed by atoms with Crippen molar-refractivity contribution in [2.24, 2.45) is 34.5 Å². The number of hydrogen-bond acceptors (Lipinski definition) is 6. The van der Waals surface area contributed by atoms with Crippen molar-refractivity contribution in [2.75, 3.05) is 6.61 Å². The molecule has 33 heavy (non-hydrogen) atoms. The molecule has 6 nitrogen and oxygen atoms in total. The molecule has 4 bridgehead atoms. The molecule has 4 aliphatic carbocycles. The van der Waals surface area contributed by atoms with Crippen molar-refractivity contribution in [3.63, 3.8) is 0 Å². The van der Waals surface area contributed by atoms with Crippen LogP contribution < -0.4 is 0 Å². The van der Waals surface area contributed by atoms with E-state index in [0.717, 1.165) is 18.3 Å². The summed E-state index contributed by atoms with van der Waals surface area (Å²) in [6.45, 7) is 14.1. The molecule has 5 rings (SSSR count). The topological polar surface area (TPSA) is 78.9 Å². The Morgan fingerprint density at radius 3 is 1.82 bits per heavy atom. The third-order valence-corrected chi connectivity index (χ3v) is 9.04. The first-order valence-electron chi connectivity index (χ1n) is 12.9. The Kier molecular flexibility index (Phi) is 7.55. The molecule has 1 aliphatic heterocycles. The Bertz CT molecular complexity index is 724. The minimum atomic E-state index is -0.481. The minimum absolute atomic E-state index is 0.0185. The predicted molar refractivity (Wildman–Crippen MR) is 125 cm³/mol. The maximum Gasteiger partial charge on any atom is 0.312 e.